The molecule has 1 aromatic heterocycles. The van der Waals surface area contributed by atoms with Crippen LogP contribution in [0.3, 0.4) is 0 Å². The number of nitriles is 1. The third-order valence-corrected chi connectivity index (χ3v) is 5.43. The topological polar surface area (TPSA) is 39.9 Å². The molecular formula is C18H21N3S. The minimum absolute atomic E-state index is 0.591. The Labute approximate surface area is 136 Å². The van der Waals surface area contributed by atoms with Crippen LogP contribution in [0, 0.1) is 11.3 Å². The van der Waals surface area contributed by atoms with Gasteiger partial charge in [-0.2, -0.15) is 5.26 Å². The molecule has 3 rings (SSSR count). The Morgan fingerprint density at radius 1 is 1.32 bits per heavy atom. The minimum Gasteiger partial charge on any atom is -0.301 e. The molecule has 3 nitrogen and oxygen atoms in total. The molecule has 1 fully saturated rings. The van der Waals surface area contributed by atoms with Crippen molar-refractivity contribution in [3.63, 3.8) is 0 Å². The summed E-state index contributed by atoms with van der Waals surface area (Å²) in [6, 6.07) is 10.5. The molecule has 2 aromatic rings. The lowest BCUT2D eigenvalue weighted by Gasteiger charge is -2.33. The molecule has 0 spiro atoms. The van der Waals surface area contributed by atoms with Gasteiger partial charge in [0.15, 0.2) is 0 Å². The SMILES string of the molecule is CC(C)N1CCC(c2nc(-c3cccc(C#N)c3)cs2)CC1. The molecule has 0 atom stereocenters. The molecule has 0 aliphatic carbocycles. The Balaban J connectivity index is 1.73. The van der Waals surface area contributed by atoms with Gasteiger partial charge in [-0.05, 0) is 51.9 Å². The molecular weight excluding hydrogens is 290 g/mol. The van der Waals surface area contributed by atoms with Crippen molar-refractivity contribution in [3.8, 4) is 17.3 Å². The lowest BCUT2D eigenvalue weighted by Crippen LogP contribution is -2.37. The second-order valence-electron chi connectivity index (χ2n) is 6.17. The number of likely N-dealkylation sites (tertiary alicyclic amines) is 1. The van der Waals surface area contributed by atoms with Crippen molar-refractivity contribution in [3.05, 3.63) is 40.2 Å². The predicted octanol–water partition coefficient (Wildman–Crippen LogP) is 4.27. The van der Waals surface area contributed by atoms with Gasteiger partial charge in [-0.25, -0.2) is 4.98 Å². The Hall–Kier alpha value is -1.70. The molecule has 114 valence electrons. The summed E-state index contributed by atoms with van der Waals surface area (Å²) in [5.74, 6) is 0.591. The number of thiazole rings is 1. The van der Waals surface area contributed by atoms with E-state index < -0.39 is 0 Å². The van der Waals surface area contributed by atoms with Gasteiger partial charge in [0.25, 0.3) is 0 Å². The number of benzene rings is 1. The first-order chi connectivity index (χ1) is 10.7. The molecule has 0 amide bonds. The Kier molecular flexibility index (Phi) is 4.56. The zero-order valence-corrected chi connectivity index (χ0v) is 13.9. The van der Waals surface area contributed by atoms with Crippen LogP contribution in [0.2, 0.25) is 0 Å². The molecule has 0 N–H and O–H groups in total. The number of nitrogens with zero attached hydrogens (tertiary/aromatic N) is 3. The van der Waals surface area contributed by atoms with Crippen LogP contribution in [0.4, 0.5) is 0 Å². The highest BCUT2D eigenvalue weighted by atomic mass is 32.1. The Bertz CT molecular complexity index is 676. The van der Waals surface area contributed by atoms with Crippen molar-refractivity contribution in [1.82, 2.24) is 9.88 Å². The molecule has 1 saturated heterocycles. The second-order valence-corrected chi connectivity index (χ2v) is 7.06. The summed E-state index contributed by atoms with van der Waals surface area (Å²) in [7, 11) is 0. The molecule has 4 heteroatoms. The van der Waals surface area contributed by atoms with E-state index in [1.807, 2.05) is 24.3 Å². The molecule has 0 unspecified atom stereocenters. The maximum atomic E-state index is 9.02. The van der Waals surface area contributed by atoms with E-state index in [9.17, 15) is 0 Å². The van der Waals surface area contributed by atoms with Crippen molar-refractivity contribution in [2.45, 2.75) is 38.6 Å². The third kappa shape index (κ3) is 3.21. The third-order valence-electron chi connectivity index (χ3n) is 4.42. The van der Waals surface area contributed by atoms with E-state index in [0.29, 0.717) is 17.5 Å². The first-order valence-electron chi connectivity index (χ1n) is 7.87. The van der Waals surface area contributed by atoms with Gasteiger partial charge in [-0.15, -0.1) is 11.3 Å². The van der Waals surface area contributed by atoms with Crippen molar-refractivity contribution in [2.24, 2.45) is 0 Å². The van der Waals surface area contributed by atoms with Gasteiger partial charge in [0.2, 0.25) is 0 Å². The van der Waals surface area contributed by atoms with E-state index in [1.54, 1.807) is 11.3 Å². The Morgan fingerprint density at radius 2 is 2.09 bits per heavy atom. The van der Waals surface area contributed by atoms with Crippen molar-refractivity contribution in [1.29, 1.82) is 5.26 Å². The van der Waals surface area contributed by atoms with Crippen LogP contribution in [0.25, 0.3) is 11.3 Å². The molecule has 1 aliphatic rings. The first-order valence-corrected chi connectivity index (χ1v) is 8.75. The minimum atomic E-state index is 0.591. The fraction of sp³-hybridized carbons (Fsp3) is 0.444. The fourth-order valence-corrected chi connectivity index (χ4v) is 4.02. The molecule has 2 heterocycles. The van der Waals surface area contributed by atoms with Gasteiger partial charge < -0.3 is 4.90 Å². The molecule has 0 saturated carbocycles. The smallest absolute Gasteiger partial charge is 0.0991 e. The van der Waals surface area contributed by atoms with Gasteiger partial charge in [0.05, 0.1) is 22.3 Å². The maximum Gasteiger partial charge on any atom is 0.0991 e. The summed E-state index contributed by atoms with van der Waals surface area (Å²) in [5.41, 5.74) is 2.74. The molecule has 0 radical (unpaired) electrons. The normalized spacial score (nSPS) is 16.8. The average molecular weight is 311 g/mol. The number of aromatic nitrogens is 1. The van der Waals surface area contributed by atoms with Crippen LogP contribution < -0.4 is 0 Å². The zero-order chi connectivity index (χ0) is 15.5. The van der Waals surface area contributed by atoms with E-state index in [0.717, 1.165) is 11.3 Å². The molecule has 22 heavy (non-hydrogen) atoms. The van der Waals surface area contributed by atoms with Gasteiger partial charge in [-0.1, -0.05) is 12.1 Å². The summed E-state index contributed by atoms with van der Waals surface area (Å²) in [5, 5.41) is 12.4. The van der Waals surface area contributed by atoms with Crippen molar-refractivity contribution >= 4 is 11.3 Å². The highest BCUT2D eigenvalue weighted by Gasteiger charge is 2.24. The highest BCUT2D eigenvalue weighted by molar-refractivity contribution is 7.10. The summed E-state index contributed by atoms with van der Waals surface area (Å²) < 4.78 is 0. The zero-order valence-electron chi connectivity index (χ0n) is 13.1. The predicted molar refractivity (Wildman–Crippen MR) is 90.9 cm³/mol. The van der Waals surface area contributed by atoms with Gasteiger partial charge in [0, 0.05) is 22.9 Å². The number of hydrogen-bond acceptors (Lipinski definition) is 4. The first kappa shape index (κ1) is 15.2. The molecule has 1 aromatic carbocycles. The highest BCUT2D eigenvalue weighted by Crippen LogP contribution is 2.33. The van der Waals surface area contributed by atoms with Gasteiger partial charge in [0.1, 0.15) is 0 Å². The van der Waals surface area contributed by atoms with Crippen LogP contribution >= 0.6 is 11.3 Å². The monoisotopic (exact) mass is 311 g/mol. The lowest BCUT2D eigenvalue weighted by molar-refractivity contribution is 0.172. The van der Waals surface area contributed by atoms with Gasteiger partial charge in [-0.3, -0.25) is 0 Å². The average Bonchev–Trinajstić information content (AvgIpc) is 3.05. The molecule has 0 bridgehead atoms. The number of rotatable bonds is 3. The summed E-state index contributed by atoms with van der Waals surface area (Å²) in [6.45, 7) is 6.87. The number of hydrogen-bond donors (Lipinski definition) is 0. The lowest BCUT2D eigenvalue weighted by atomic mass is 9.96. The summed E-state index contributed by atoms with van der Waals surface area (Å²) >= 11 is 1.76. The van der Waals surface area contributed by atoms with E-state index >= 15 is 0 Å². The summed E-state index contributed by atoms with van der Waals surface area (Å²) in [4.78, 5) is 7.38. The maximum absolute atomic E-state index is 9.02. The van der Waals surface area contributed by atoms with Crippen molar-refractivity contribution in [2.75, 3.05) is 13.1 Å². The summed E-state index contributed by atoms with van der Waals surface area (Å²) in [6.07, 6.45) is 2.40. The van der Waals surface area contributed by atoms with E-state index in [-0.39, 0.29) is 0 Å². The van der Waals surface area contributed by atoms with Crippen LogP contribution in [0.1, 0.15) is 43.2 Å². The van der Waals surface area contributed by atoms with Crippen LogP contribution in [-0.4, -0.2) is 29.0 Å². The van der Waals surface area contributed by atoms with E-state index in [2.05, 4.69) is 30.2 Å². The van der Waals surface area contributed by atoms with Crippen LogP contribution in [-0.2, 0) is 0 Å². The largest absolute Gasteiger partial charge is 0.301 e. The van der Waals surface area contributed by atoms with Gasteiger partial charge >= 0.3 is 0 Å². The van der Waals surface area contributed by atoms with Crippen LogP contribution in [0.5, 0.6) is 0 Å². The quantitative estimate of drug-likeness (QED) is 0.850. The van der Waals surface area contributed by atoms with E-state index in [4.69, 9.17) is 10.2 Å². The molecule has 1 aliphatic heterocycles. The standard InChI is InChI=1S/C18H21N3S/c1-13(2)21-8-6-15(7-9-21)18-20-17(12-22-18)16-5-3-4-14(10-16)11-19/h3-5,10,12-13,15H,6-9H2,1-2H3. The van der Waals surface area contributed by atoms with Crippen LogP contribution in [0.15, 0.2) is 29.6 Å². The van der Waals surface area contributed by atoms with Crippen molar-refractivity contribution < 1.29 is 0 Å². The Morgan fingerprint density at radius 3 is 2.77 bits per heavy atom. The van der Waals surface area contributed by atoms with E-state index in [1.165, 1.54) is 30.9 Å². The number of piperidine rings is 1. The second kappa shape index (κ2) is 6.60. The fourth-order valence-electron chi connectivity index (χ4n) is 3.02.